The summed E-state index contributed by atoms with van der Waals surface area (Å²) < 4.78 is 0. The van der Waals surface area contributed by atoms with Crippen molar-refractivity contribution in [1.82, 2.24) is 0 Å². The number of aromatic hydroxyl groups is 2. The largest absolute Gasteiger partial charge is 0.508 e. The van der Waals surface area contributed by atoms with Crippen LogP contribution in [0.2, 0.25) is 0 Å². The molecule has 0 bridgehead atoms. The second-order valence-corrected chi connectivity index (χ2v) is 5.40. The molecular formula is C17H18O2. The van der Waals surface area contributed by atoms with E-state index >= 15 is 0 Å². The molecule has 1 aliphatic carbocycles. The van der Waals surface area contributed by atoms with Crippen LogP contribution in [0.5, 0.6) is 11.5 Å². The zero-order chi connectivity index (χ0) is 13.2. The van der Waals surface area contributed by atoms with E-state index < -0.39 is 0 Å². The number of phenolic OH excluding ortho intramolecular Hbond substituents is 2. The third-order valence-corrected chi connectivity index (χ3v) is 3.98. The minimum absolute atomic E-state index is 0.331. The maximum absolute atomic E-state index is 9.28. The first-order chi connectivity index (χ1) is 9.22. The molecule has 0 heterocycles. The number of hydrogen-bond donors (Lipinski definition) is 2. The van der Waals surface area contributed by atoms with Gasteiger partial charge in [-0.1, -0.05) is 24.3 Å². The topological polar surface area (TPSA) is 40.5 Å². The number of hydrogen-bond acceptors (Lipinski definition) is 2. The number of phenols is 2. The monoisotopic (exact) mass is 254 g/mol. The predicted molar refractivity (Wildman–Crippen MR) is 75.4 cm³/mol. The second kappa shape index (κ2) is 4.96. The smallest absolute Gasteiger partial charge is 0.115 e. The molecule has 2 atom stereocenters. The molecule has 1 saturated carbocycles. The summed E-state index contributed by atoms with van der Waals surface area (Å²) in [7, 11) is 0. The summed E-state index contributed by atoms with van der Waals surface area (Å²) in [5, 5.41) is 18.5. The SMILES string of the molecule is Oc1ccc(CCC2CC2c2ccc(O)cc2)cc1. The first-order valence-electron chi connectivity index (χ1n) is 6.79. The van der Waals surface area contributed by atoms with E-state index in [0.717, 1.165) is 12.3 Å². The van der Waals surface area contributed by atoms with E-state index in [-0.39, 0.29) is 0 Å². The highest BCUT2D eigenvalue weighted by Crippen LogP contribution is 2.50. The van der Waals surface area contributed by atoms with Gasteiger partial charge in [0.15, 0.2) is 0 Å². The first-order valence-corrected chi connectivity index (χ1v) is 6.79. The average Bonchev–Trinajstić information content (AvgIpc) is 3.19. The maximum Gasteiger partial charge on any atom is 0.115 e. The molecule has 3 rings (SSSR count). The van der Waals surface area contributed by atoms with E-state index in [1.54, 1.807) is 24.3 Å². The van der Waals surface area contributed by atoms with Gasteiger partial charge >= 0.3 is 0 Å². The molecule has 0 aliphatic heterocycles. The molecule has 2 unspecified atom stereocenters. The first kappa shape index (κ1) is 12.1. The Hall–Kier alpha value is -1.96. The zero-order valence-corrected chi connectivity index (χ0v) is 10.8. The lowest BCUT2D eigenvalue weighted by atomic mass is 10.0. The average molecular weight is 254 g/mol. The van der Waals surface area contributed by atoms with Gasteiger partial charge in [0.1, 0.15) is 11.5 Å². The van der Waals surface area contributed by atoms with Crippen LogP contribution in [0.15, 0.2) is 48.5 Å². The fraction of sp³-hybridized carbons (Fsp3) is 0.294. The third-order valence-electron chi connectivity index (χ3n) is 3.98. The molecule has 0 amide bonds. The highest BCUT2D eigenvalue weighted by Gasteiger charge is 2.37. The lowest BCUT2D eigenvalue weighted by Crippen LogP contribution is -1.89. The highest BCUT2D eigenvalue weighted by atomic mass is 16.3. The Morgan fingerprint density at radius 1 is 0.842 bits per heavy atom. The van der Waals surface area contributed by atoms with Gasteiger partial charge in [-0.3, -0.25) is 0 Å². The Morgan fingerprint density at radius 2 is 1.42 bits per heavy atom. The van der Waals surface area contributed by atoms with Crippen molar-refractivity contribution in [3.8, 4) is 11.5 Å². The molecule has 2 nitrogen and oxygen atoms in total. The second-order valence-electron chi connectivity index (χ2n) is 5.40. The minimum atomic E-state index is 0.331. The van der Waals surface area contributed by atoms with Gasteiger partial charge in [-0.25, -0.2) is 0 Å². The van der Waals surface area contributed by atoms with Crippen LogP contribution in [-0.4, -0.2) is 10.2 Å². The van der Waals surface area contributed by atoms with Gasteiger partial charge in [0.25, 0.3) is 0 Å². The number of rotatable bonds is 4. The van der Waals surface area contributed by atoms with Crippen molar-refractivity contribution in [3.63, 3.8) is 0 Å². The van der Waals surface area contributed by atoms with E-state index in [1.807, 2.05) is 24.3 Å². The summed E-state index contributed by atoms with van der Waals surface area (Å²) in [4.78, 5) is 0. The van der Waals surface area contributed by atoms with Crippen LogP contribution in [0.1, 0.15) is 29.9 Å². The summed E-state index contributed by atoms with van der Waals surface area (Å²) in [6.45, 7) is 0. The fourth-order valence-electron chi connectivity index (χ4n) is 2.71. The van der Waals surface area contributed by atoms with Crippen molar-refractivity contribution in [2.24, 2.45) is 5.92 Å². The van der Waals surface area contributed by atoms with Gasteiger partial charge in [0.2, 0.25) is 0 Å². The molecule has 1 fully saturated rings. The molecule has 98 valence electrons. The van der Waals surface area contributed by atoms with E-state index in [0.29, 0.717) is 17.4 Å². The maximum atomic E-state index is 9.28. The molecule has 2 heteroatoms. The fourth-order valence-corrected chi connectivity index (χ4v) is 2.71. The molecule has 19 heavy (non-hydrogen) atoms. The number of aryl methyl sites for hydroxylation is 1. The molecule has 0 spiro atoms. The Kier molecular flexibility index (Phi) is 3.16. The van der Waals surface area contributed by atoms with Gasteiger partial charge in [0, 0.05) is 0 Å². The molecule has 0 aromatic heterocycles. The van der Waals surface area contributed by atoms with Gasteiger partial charge < -0.3 is 10.2 Å². The van der Waals surface area contributed by atoms with E-state index in [2.05, 4.69) is 0 Å². The molecule has 1 aliphatic rings. The van der Waals surface area contributed by atoms with Crippen LogP contribution >= 0.6 is 0 Å². The van der Waals surface area contributed by atoms with Crippen molar-refractivity contribution >= 4 is 0 Å². The Morgan fingerprint density at radius 3 is 2.05 bits per heavy atom. The standard InChI is InChI=1S/C17H18O2/c18-15-7-2-12(3-8-15)1-4-14-11-17(14)13-5-9-16(19)10-6-13/h2-3,5-10,14,17-19H,1,4,11H2. The normalized spacial score (nSPS) is 21.3. The summed E-state index contributed by atoms with van der Waals surface area (Å²) in [5.41, 5.74) is 2.63. The summed E-state index contributed by atoms with van der Waals surface area (Å²) in [5.74, 6) is 2.10. The van der Waals surface area contributed by atoms with Crippen LogP contribution in [0, 0.1) is 5.92 Å². The Labute approximate surface area is 113 Å². The van der Waals surface area contributed by atoms with Crippen molar-refractivity contribution in [2.45, 2.75) is 25.2 Å². The van der Waals surface area contributed by atoms with Crippen molar-refractivity contribution in [1.29, 1.82) is 0 Å². The lowest BCUT2D eigenvalue weighted by molar-refractivity contribution is 0.474. The van der Waals surface area contributed by atoms with E-state index in [9.17, 15) is 10.2 Å². The molecule has 0 saturated heterocycles. The van der Waals surface area contributed by atoms with Gasteiger partial charge in [-0.05, 0) is 66.5 Å². The van der Waals surface area contributed by atoms with Crippen LogP contribution < -0.4 is 0 Å². The van der Waals surface area contributed by atoms with Gasteiger partial charge in [-0.15, -0.1) is 0 Å². The lowest BCUT2D eigenvalue weighted by Gasteiger charge is -2.03. The summed E-state index contributed by atoms with van der Waals surface area (Å²) >= 11 is 0. The van der Waals surface area contributed by atoms with Crippen molar-refractivity contribution < 1.29 is 10.2 Å². The molecule has 2 aromatic rings. The van der Waals surface area contributed by atoms with E-state index in [4.69, 9.17) is 0 Å². The van der Waals surface area contributed by atoms with Crippen LogP contribution in [-0.2, 0) is 6.42 Å². The Balaban J connectivity index is 1.53. The predicted octanol–water partition coefficient (Wildman–Crippen LogP) is 3.83. The summed E-state index contributed by atoms with van der Waals surface area (Å²) in [6.07, 6.45) is 3.51. The van der Waals surface area contributed by atoms with Crippen LogP contribution in [0.25, 0.3) is 0 Å². The van der Waals surface area contributed by atoms with Crippen LogP contribution in [0.3, 0.4) is 0 Å². The minimum Gasteiger partial charge on any atom is -0.508 e. The quantitative estimate of drug-likeness (QED) is 0.870. The van der Waals surface area contributed by atoms with E-state index in [1.165, 1.54) is 24.0 Å². The van der Waals surface area contributed by atoms with Crippen LogP contribution in [0.4, 0.5) is 0 Å². The molecular weight excluding hydrogens is 236 g/mol. The van der Waals surface area contributed by atoms with Crippen molar-refractivity contribution in [2.75, 3.05) is 0 Å². The van der Waals surface area contributed by atoms with Gasteiger partial charge in [0.05, 0.1) is 0 Å². The molecule has 2 aromatic carbocycles. The highest BCUT2D eigenvalue weighted by molar-refractivity contribution is 5.32. The third kappa shape index (κ3) is 2.90. The summed E-state index contributed by atoms with van der Waals surface area (Å²) in [6, 6.07) is 15.1. The zero-order valence-electron chi connectivity index (χ0n) is 10.8. The van der Waals surface area contributed by atoms with Crippen molar-refractivity contribution in [3.05, 3.63) is 59.7 Å². The Bertz CT molecular complexity index is 542. The molecule has 0 radical (unpaired) electrons. The number of benzene rings is 2. The van der Waals surface area contributed by atoms with Gasteiger partial charge in [-0.2, -0.15) is 0 Å². The molecule has 2 N–H and O–H groups in total.